The first kappa shape index (κ1) is 20.5. The van der Waals surface area contributed by atoms with Crippen molar-refractivity contribution in [2.75, 3.05) is 7.05 Å². The van der Waals surface area contributed by atoms with E-state index in [9.17, 15) is 4.79 Å². The van der Waals surface area contributed by atoms with Gasteiger partial charge >= 0.3 is 0 Å². The van der Waals surface area contributed by atoms with Crippen molar-refractivity contribution >= 4 is 28.9 Å². The Labute approximate surface area is 181 Å². The number of nitrogens with zero attached hydrogens (tertiary/aromatic N) is 5. The van der Waals surface area contributed by atoms with Crippen LogP contribution in [0.25, 0.3) is 16.7 Å². The third-order valence-corrected chi connectivity index (χ3v) is 5.89. The molecule has 4 aromatic rings. The highest BCUT2D eigenvalue weighted by Gasteiger charge is 2.16. The summed E-state index contributed by atoms with van der Waals surface area (Å²) in [7, 11) is 2.06. The molecule has 0 unspecified atom stereocenters. The van der Waals surface area contributed by atoms with Crippen molar-refractivity contribution in [3.05, 3.63) is 74.8 Å². The van der Waals surface area contributed by atoms with Gasteiger partial charge in [0, 0.05) is 13.1 Å². The van der Waals surface area contributed by atoms with Crippen molar-refractivity contribution in [3.8, 4) is 0 Å². The lowest BCUT2D eigenvalue weighted by Gasteiger charge is -2.17. The van der Waals surface area contributed by atoms with Crippen LogP contribution in [0.15, 0.2) is 53.3 Å². The first-order chi connectivity index (χ1) is 14.5. The Kier molecular flexibility index (Phi) is 5.83. The summed E-state index contributed by atoms with van der Waals surface area (Å²) in [6.07, 6.45) is 1.92. The van der Waals surface area contributed by atoms with Crippen LogP contribution in [0.3, 0.4) is 0 Å². The number of hydrogen-bond acceptors (Lipinski definition) is 4. The van der Waals surface area contributed by atoms with E-state index in [1.54, 1.807) is 4.57 Å². The van der Waals surface area contributed by atoms with E-state index >= 15 is 0 Å². The van der Waals surface area contributed by atoms with E-state index < -0.39 is 0 Å². The first-order valence-electron chi connectivity index (χ1n) is 10.4. The van der Waals surface area contributed by atoms with Gasteiger partial charge in [-0.25, -0.2) is 4.68 Å². The van der Waals surface area contributed by atoms with Crippen molar-refractivity contribution in [1.82, 2.24) is 23.6 Å². The van der Waals surface area contributed by atoms with E-state index in [4.69, 9.17) is 17.3 Å². The zero-order valence-electron chi connectivity index (χ0n) is 17.7. The molecule has 0 radical (unpaired) electrons. The lowest BCUT2D eigenvalue weighted by Crippen LogP contribution is -2.24. The molecule has 7 heteroatoms. The summed E-state index contributed by atoms with van der Waals surface area (Å²) in [5.74, 6) is 0.612. The molecule has 4 rings (SSSR count). The molecule has 2 heterocycles. The van der Waals surface area contributed by atoms with E-state index in [0.29, 0.717) is 29.1 Å². The molecular formula is C23H27N5OS. The first-order valence-corrected chi connectivity index (χ1v) is 10.8. The van der Waals surface area contributed by atoms with Crippen molar-refractivity contribution in [3.63, 3.8) is 0 Å². The maximum Gasteiger partial charge on any atom is 0.262 e. The standard InChI is InChI=1S/C23H27N5OS/c1-4-5-14-26-21(29)19-12-8-9-13-20(19)28-22(26)24-27(23(28)30)16-25(3)15-18-11-7-6-10-17(18)2/h6-13H,4-5,14-16H2,1-3H3. The Balaban J connectivity index is 1.79. The molecule has 0 bridgehead atoms. The third kappa shape index (κ3) is 3.70. The smallest absolute Gasteiger partial charge is 0.262 e. The number of hydrogen-bond donors (Lipinski definition) is 0. The van der Waals surface area contributed by atoms with Gasteiger partial charge in [-0.15, -0.1) is 5.10 Å². The number of para-hydroxylation sites is 1. The predicted molar refractivity (Wildman–Crippen MR) is 123 cm³/mol. The molecule has 2 aromatic carbocycles. The second kappa shape index (κ2) is 8.53. The quantitative estimate of drug-likeness (QED) is 0.416. The molecule has 0 spiro atoms. The Morgan fingerprint density at radius 1 is 1.10 bits per heavy atom. The summed E-state index contributed by atoms with van der Waals surface area (Å²) < 4.78 is 6.11. The molecule has 0 saturated heterocycles. The van der Waals surface area contributed by atoms with Gasteiger partial charge in [-0.3, -0.25) is 18.7 Å². The fourth-order valence-corrected chi connectivity index (χ4v) is 4.11. The maximum atomic E-state index is 13.1. The molecule has 0 saturated carbocycles. The van der Waals surface area contributed by atoms with Crippen LogP contribution in [-0.2, 0) is 19.8 Å². The van der Waals surface area contributed by atoms with Crippen LogP contribution >= 0.6 is 12.2 Å². The van der Waals surface area contributed by atoms with E-state index in [1.165, 1.54) is 11.1 Å². The maximum absolute atomic E-state index is 13.1. The largest absolute Gasteiger partial charge is 0.283 e. The van der Waals surface area contributed by atoms with E-state index in [-0.39, 0.29) is 5.56 Å². The van der Waals surface area contributed by atoms with Crippen LogP contribution in [0.5, 0.6) is 0 Å². The highest BCUT2D eigenvalue weighted by atomic mass is 32.1. The summed E-state index contributed by atoms with van der Waals surface area (Å²) in [4.78, 5) is 15.3. The van der Waals surface area contributed by atoms with Gasteiger partial charge in [-0.1, -0.05) is 49.7 Å². The lowest BCUT2D eigenvalue weighted by atomic mass is 10.1. The number of rotatable bonds is 7. The Morgan fingerprint density at radius 3 is 2.60 bits per heavy atom. The van der Waals surface area contributed by atoms with Crippen molar-refractivity contribution < 1.29 is 0 Å². The van der Waals surface area contributed by atoms with E-state index in [0.717, 1.165) is 24.9 Å². The topological polar surface area (TPSA) is 47.5 Å². The normalized spacial score (nSPS) is 11.7. The highest BCUT2D eigenvalue weighted by Crippen LogP contribution is 2.16. The van der Waals surface area contributed by atoms with E-state index in [1.807, 2.05) is 33.3 Å². The molecule has 0 aliphatic heterocycles. The number of fused-ring (bicyclic) bond motifs is 3. The number of unbranched alkanes of at least 4 members (excludes halogenated alkanes) is 1. The Bertz CT molecular complexity index is 1320. The lowest BCUT2D eigenvalue weighted by molar-refractivity contribution is 0.244. The molecular weight excluding hydrogens is 394 g/mol. The van der Waals surface area contributed by atoms with Crippen LogP contribution in [0, 0.1) is 11.7 Å². The number of benzene rings is 2. The fraction of sp³-hybridized carbons (Fsp3) is 0.348. The summed E-state index contributed by atoms with van der Waals surface area (Å²) in [6.45, 7) is 6.22. The van der Waals surface area contributed by atoms with Crippen LogP contribution in [0.1, 0.15) is 30.9 Å². The minimum Gasteiger partial charge on any atom is -0.283 e. The molecule has 0 amide bonds. The van der Waals surface area contributed by atoms with Crippen LogP contribution in [-0.4, -0.2) is 30.7 Å². The molecule has 0 atom stereocenters. The number of aromatic nitrogens is 4. The second-order valence-corrected chi connectivity index (χ2v) is 8.19. The zero-order chi connectivity index (χ0) is 21.3. The summed E-state index contributed by atoms with van der Waals surface area (Å²) >= 11 is 5.80. The fourth-order valence-electron chi connectivity index (χ4n) is 3.83. The average molecular weight is 422 g/mol. The van der Waals surface area contributed by atoms with Gasteiger partial charge in [0.05, 0.1) is 17.6 Å². The van der Waals surface area contributed by atoms with Gasteiger partial charge < -0.3 is 0 Å². The molecule has 156 valence electrons. The van der Waals surface area contributed by atoms with Crippen LogP contribution in [0.2, 0.25) is 0 Å². The summed E-state index contributed by atoms with van der Waals surface area (Å²) in [5, 5.41) is 5.45. The zero-order valence-corrected chi connectivity index (χ0v) is 18.5. The molecule has 0 aliphatic carbocycles. The molecule has 0 N–H and O–H groups in total. The predicted octanol–water partition coefficient (Wildman–Crippen LogP) is 4.38. The van der Waals surface area contributed by atoms with Crippen LogP contribution in [0.4, 0.5) is 0 Å². The van der Waals surface area contributed by atoms with Gasteiger partial charge in [0.2, 0.25) is 10.5 Å². The third-order valence-electron chi connectivity index (χ3n) is 5.50. The van der Waals surface area contributed by atoms with Gasteiger partial charge in [0.1, 0.15) is 0 Å². The van der Waals surface area contributed by atoms with Gasteiger partial charge in [0.25, 0.3) is 5.56 Å². The van der Waals surface area contributed by atoms with Gasteiger partial charge in [-0.2, -0.15) is 0 Å². The van der Waals surface area contributed by atoms with Gasteiger partial charge in [-0.05, 0) is 55.9 Å². The second-order valence-electron chi connectivity index (χ2n) is 7.83. The van der Waals surface area contributed by atoms with E-state index in [2.05, 4.69) is 50.1 Å². The minimum atomic E-state index is -0.00744. The van der Waals surface area contributed by atoms with Crippen molar-refractivity contribution in [1.29, 1.82) is 0 Å². The number of aryl methyl sites for hydroxylation is 2. The Hall–Kier alpha value is -2.77. The van der Waals surface area contributed by atoms with Crippen LogP contribution < -0.4 is 5.56 Å². The molecule has 2 aromatic heterocycles. The highest BCUT2D eigenvalue weighted by molar-refractivity contribution is 7.71. The monoisotopic (exact) mass is 421 g/mol. The molecule has 30 heavy (non-hydrogen) atoms. The average Bonchev–Trinajstić information content (AvgIpc) is 3.05. The molecule has 0 fully saturated rings. The van der Waals surface area contributed by atoms with Crippen molar-refractivity contribution in [2.24, 2.45) is 0 Å². The SMILES string of the molecule is CCCCn1c(=O)c2ccccc2n2c(=S)n(CN(C)Cc3ccccc3C)nc12. The van der Waals surface area contributed by atoms with Crippen molar-refractivity contribution in [2.45, 2.75) is 46.4 Å². The summed E-state index contributed by atoms with van der Waals surface area (Å²) in [5.41, 5.74) is 3.35. The molecule has 0 aliphatic rings. The minimum absolute atomic E-state index is 0.00744. The summed E-state index contributed by atoms with van der Waals surface area (Å²) in [6, 6.07) is 16.0. The van der Waals surface area contributed by atoms with Gasteiger partial charge in [0.15, 0.2) is 0 Å². The molecule has 6 nitrogen and oxygen atoms in total. The Morgan fingerprint density at radius 2 is 1.83 bits per heavy atom.